The van der Waals surface area contributed by atoms with Crippen LogP contribution in [0.4, 0.5) is 10.6 Å². The van der Waals surface area contributed by atoms with E-state index in [2.05, 4.69) is 10.3 Å². The van der Waals surface area contributed by atoms with Gasteiger partial charge in [0.1, 0.15) is 19.0 Å². The quantitative estimate of drug-likeness (QED) is 0.268. The number of nitrogens with one attached hydrogen (secondary N) is 1. The third kappa shape index (κ3) is 12.1. The number of benzene rings is 1. The summed E-state index contributed by atoms with van der Waals surface area (Å²) < 4.78 is 36.6. The van der Waals surface area contributed by atoms with Gasteiger partial charge in [0.25, 0.3) is 0 Å². The Labute approximate surface area is 229 Å². The molecule has 1 aromatic heterocycles. The largest absolute Gasteiger partial charge is 0.465 e. The van der Waals surface area contributed by atoms with Gasteiger partial charge in [-0.2, -0.15) is 4.98 Å². The van der Waals surface area contributed by atoms with E-state index >= 15 is 0 Å². The Morgan fingerprint density at radius 1 is 1.00 bits per heavy atom. The first-order chi connectivity index (χ1) is 18.1. The van der Waals surface area contributed by atoms with Gasteiger partial charge >= 0.3 is 25.3 Å². The molecule has 0 unspecified atom stereocenters. The van der Waals surface area contributed by atoms with Crippen LogP contribution in [0.1, 0.15) is 66.0 Å². The second-order valence-corrected chi connectivity index (χ2v) is 12.9. The van der Waals surface area contributed by atoms with Crippen molar-refractivity contribution >= 4 is 25.5 Å². The minimum Gasteiger partial charge on any atom is -0.465 e. The van der Waals surface area contributed by atoms with E-state index in [1.807, 2.05) is 30.3 Å². The zero-order valence-electron chi connectivity index (χ0n) is 23.8. The molecule has 0 spiro atoms. The molecule has 0 saturated heterocycles. The molecule has 0 aliphatic carbocycles. The summed E-state index contributed by atoms with van der Waals surface area (Å²) in [5, 5.41) is 2.52. The van der Waals surface area contributed by atoms with Gasteiger partial charge in [-0.1, -0.05) is 30.3 Å². The number of hydrogen-bond donors (Lipinski definition) is 1. The van der Waals surface area contributed by atoms with Crippen LogP contribution >= 0.6 is 7.60 Å². The van der Waals surface area contributed by atoms with Crippen molar-refractivity contribution < 1.29 is 32.7 Å². The van der Waals surface area contributed by atoms with E-state index in [-0.39, 0.29) is 38.2 Å². The van der Waals surface area contributed by atoms with E-state index < -0.39 is 36.6 Å². The second-order valence-electron chi connectivity index (χ2n) is 10.9. The fourth-order valence-corrected chi connectivity index (χ4v) is 5.98. The molecule has 2 aromatic rings. The van der Waals surface area contributed by atoms with Crippen LogP contribution in [0.15, 0.2) is 41.3 Å². The van der Waals surface area contributed by atoms with Gasteiger partial charge in [-0.25, -0.2) is 9.59 Å². The van der Waals surface area contributed by atoms with Crippen molar-refractivity contribution in [3.63, 3.8) is 0 Å². The first-order valence-corrected chi connectivity index (χ1v) is 14.6. The predicted octanol–water partition coefficient (Wildman–Crippen LogP) is 5.31. The zero-order chi connectivity index (χ0) is 29.3. The smallest absolute Gasteiger partial charge is 0.413 e. The first kappa shape index (κ1) is 32.2. The molecule has 1 aromatic carbocycles. The lowest BCUT2D eigenvalue weighted by molar-refractivity contribution is -0.143. The van der Waals surface area contributed by atoms with Crippen LogP contribution in [0.5, 0.6) is 0 Å². The fourth-order valence-electron chi connectivity index (χ4n) is 3.55. The lowest BCUT2D eigenvalue weighted by Gasteiger charge is -2.32. The number of ether oxygens (including phenoxy) is 2. The standard InChI is InChI=1S/C27H40N3O8P/c1-8-35-22(31)18-30-17-21(15-12-16-39(34,37-26(2,3)4)38-27(5,6)7)23(28-24(30)32)29-25(33)36-19-20-13-10-9-11-14-20/h9-11,13-14,17H,8,12,15-16,18-19H2,1-7H3,(H,28,29,32,33). The molecule has 0 aliphatic heterocycles. The first-order valence-electron chi connectivity index (χ1n) is 12.8. The number of nitrogens with zero attached hydrogens (tertiary/aromatic N) is 2. The highest BCUT2D eigenvalue weighted by atomic mass is 31.2. The summed E-state index contributed by atoms with van der Waals surface area (Å²) in [6.45, 7) is 12.3. The Morgan fingerprint density at radius 2 is 1.62 bits per heavy atom. The Hall–Kier alpha value is -3.01. The molecule has 2 rings (SSSR count). The fraction of sp³-hybridized carbons (Fsp3) is 0.556. The van der Waals surface area contributed by atoms with Gasteiger partial charge < -0.3 is 18.5 Å². The van der Waals surface area contributed by atoms with E-state index in [0.29, 0.717) is 12.0 Å². The molecule has 216 valence electrons. The summed E-state index contributed by atoms with van der Waals surface area (Å²) in [5.74, 6) is -0.613. The SMILES string of the molecule is CCOC(=O)Cn1cc(CCCP(=O)(OC(C)(C)C)OC(C)(C)C)c(NC(=O)OCc2ccccc2)nc1=O. The summed E-state index contributed by atoms with van der Waals surface area (Å²) in [7, 11) is -3.51. The van der Waals surface area contributed by atoms with Crippen LogP contribution in [0.25, 0.3) is 0 Å². The molecule has 39 heavy (non-hydrogen) atoms. The lowest BCUT2D eigenvalue weighted by atomic mass is 10.2. The van der Waals surface area contributed by atoms with Gasteiger partial charge in [0, 0.05) is 11.8 Å². The van der Waals surface area contributed by atoms with E-state index in [4.69, 9.17) is 18.5 Å². The molecule has 1 heterocycles. The highest BCUT2D eigenvalue weighted by molar-refractivity contribution is 7.53. The molecule has 0 fully saturated rings. The van der Waals surface area contributed by atoms with Gasteiger partial charge in [-0.05, 0) is 66.9 Å². The molecule has 11 nitrogen and oxygen atoms in total. The van der Waals surface area contributed by atoms with E-state index in [9.17, 15) is 18.9 Å². The topological polar surface area (TPSA) is 135 Å². The molecule has 0 atom stereocenters. The molecule has 0 aliphatic rings. The van der Waals surface area contributed by atoms with Crippen LogP contribution in [0, 0.1) is 0 Å². The van der Waals surface area contributed by atoms with Gasteiger partial charge in [-0.15, -0.1) is 0 Å². The van der Waals surface area contributed by atoms with E-state index in [1.54, 1.807) is 48.5 Å². The second kappa shape index (κ2) is 13.9. The number of aromatic nitrogens is 2. The molecule has 0 radical (unpaired) electrons. The Bertz CT molecular complexity index is 1200. The van der Waals surface area contributed by atoms with Crippen molar-refractivity contribution in [1.82, 2.24) is 9.55 Å². The van der Waals surface area contributed by atoms with Gasteiger partial charge in [-0.3, -0.25) is 19.2 Å². The number of carbonyl (C=O) groups excluding carboxylic acids is 2. The van der Waals surface area contributed by atoms with Gasteiger partial charge in [0.2, 0.25) is 0 Å². The zero-order valence-corrected chi connectivity index (χ0v) is 24.7. The van der Waals surface area contributed by atoms with Crippen molar-refractivity contribution in [1.29, 1.82) is 0 Å². The highest BCUT2D eigenvalue weighted by Crippen LogP contribution is 2.54. The van der Waals surface area contributed by atoms with Crippen LogP contribution in [0.3, 0.4) is 0 Å². The normalized spacial score (nSPS) is 12.2. The molecule has 0 bridgehead atoms. The third-order valence-electron chi connectivity index (χ3n) is 4.81. The maximum absolute atomic E-state index is 13.6. The van der Waals surface area contributed by atoms with Crippen LogP contribution in [-0.2, 0) is 47.5 Å². The van der Waals surface area contributed by atoms with Gasteiger partial charge in [0.15, 0.2) is 0 Å². The summed E-state index contributed by atoms with van der Waals surface area (Å²) >= 11 is 0. The number of amides is 1. The van der Waals surface area contributed by atoms with Crippen LogP contribution < -0.4 is 11.0 Å². The van der Waals surface area contributed by atoms with Crippen molar-refractivity contribution in [2.24, 2.45) is 0 Å². The summed E-state index contributed by atoms with van der Waals surface area (Å²) in [5.41, 5.74) is -0.926. The highest BCUT2D eigenvalue weighted by Gasteiger charge is 2.34. The molecule has 0 saturated carbocycles. The van der Waals surface area contributed by atoms with Crippen LogP contribution in [-0.4, -0.2) is 45.6 Å². The average Bonchev–Trinajstić information content (AvgIpc) is 2.78. The van der Waals surface area contributed by atoms with Crippen molar-refractivity contribution in [2.75, 3.05) is 18.1 Å². The predicted molar refractivity (Wildman–Crippen MR) is 148 cm³/mol. The Balaban J connectivity index is 2.26. The molecule has 12 heteroatoms. The summed E-state index contributed by atoms with van der Waals surface area (Å²) in [6, 6.07) is 9.12. The number of aryl methyl sites for hydroxylation is 1. The van der Waals surface area contributed by atoms with E-state index in [1.165, 1.54) is 6.20 Å². The van der Waals surface area contributed by atoms with Crippen molar-refractivity contribution in [3.8, 4) is 0 Å². The van der Waals surface area contributed by atoms with Crippen molar-refractivity contribution in [2.45, 2.75) is 85.7 Å². The number of rotatable bonds is 12. The molecular formula is C27H40N3O8P. The molecule has 1 N–H and O–H groups in total. The Kier molecular flexibility index (Phi) is 11.5. The maximum Gasteiger partial charge on any atom is 0.413 e. The lowest BCUT2D eigenvalue weighted by Crippen LogP contribution is -2.30. The number of anilines is 1. The van der Waals surface area contributed by atoms with Crippen LogP contribution in [0.2, 0.25) is 0 Å². The minimum atomic E-state index is -3.51. The van der Waals surface area contributed by atoms with Crippen molar-refractivity contribution in [3.05, 3.63) is 58.1 Å². The summed E-state index contributed by atoms with van der Waals surface area (Å²) in [6.07, 6.45) is 1.27. The minimum absolute atomic E-state index is 0.0125. The Morgan fingerprint density at radius 3 is 2.18 bits per heavy atom. The number of carbonyl (C=O) groups is 2. The maximum atomic E-state index is 13.6. The molecule has 1 amide bonds. The average molecular weight is 566 g/mol. The monoisotopic (exact) mass is 565 g/mol. The van der Waals surface area contributed by atoms with Gasteiger partial charge in [0.05, 0.1) is 24.0 Å². The van der Waals surface area contributed by atoms with E-state index in [0.717, 1.165) is 10.1 Å². The number of hydrogen-bond acceptors (Lipinski definition) is 9. The number of esters is 1. The summed E-state index contributed by atoms with van der Waals surface area (Å²) in [4.78, 5) is 41.1. The molecular weight excluding hydrogens is 525 g/mol. The third-order valence-corrected chi connectivity index (χ3v) is 7.33.